The molecule has 0 bridgehead atoms. The number of nitrogens with zero attached hydrogens (tertiary/aromatic N) is 1. The summed E-state index contributed by atoms with van der Waals surface area (Å²) in [5.74, 6) is -0.214. The van der Waals surface area contributed by atoms with Crippen molar-refractivity contribution in [2.45, 2.75) is 57.2 Å². The zero-order valence-corrected chi connectivity index (χ0v) is 11.7. The summed E-state index contributed by atoms with van der Waals surface area (Å²) < 4.78 is 13.3. The van der Waals surface area contributed by atoms with Crippen LogP contribution < -0.4 is 0 Å². The van der Waals surface area contributed by atoms with Gasteiger partial charge in [-0.3, -0.25) is 4.90 Å². The maximum absolute atomic E-state index is 13.3. The molecule has 1 saturated heterocycles. The Labute approximate surface area is 114 Å². The molecule has 0 radical (unpaired) electrons. The smallest absolute Gasteiger partial charge is 0.123 e. The molecule has 1 heterocycles. The fourth-order valence-corrected chi connectivity index (χ4v) is 3.44. The third-order valence-electron chi connectivity index (χ3n) is 4.56. The molecule has 1 N–H and O–H groups in total. The lowest BCUT2D eigenvalue weighted by atomic mass is 9.90. The van der Waals surface area contributed by atoms with Gasteiger partial charge < -0.3 is 5.11 Å². The first-order valence-electron chi connectivity index (χ1n) is 7.20. The Hall–Kier alpha value is -0.930. The summed E-state index contributed by atoms with van der Waals surface area (Å²) >= 11 is 0. The number of hydrogen-bond acceptors (Lipinski definition) is 2. The molecule has 19 heavy (non-hydrogen) atoms. The third-order valence-corrected chi connectivity index (χ3v) is 4.56. The lowest BCUT2D eigenvalue weighted by Gasteiger charge is -2.24. The molecule has 1 saturated carbocycles. The number of rotatable bonds is 3. The zero-order chi connectivity index (χ0) is 13.6. The van der Waals surface area contributed by atoms with E-state index in [2.05, 4.69) is 11.8 Å². The van der Waals surface area contributed by atoms with Gasteiger partial charge in [-0.05, 0) is 56.4 Å². The van der Waals surface area contributed by atoms with Crippen LogP contribution in [0.25, 0.3) is 0 Å². The molecule has 2 unspecified atom stereocenters. The Morgan fingerprint density at radius 3 is 2.84 bits per heavy atom. The molecule has 2 fully saturated rings. The summed E-state index contributed by atoms with van der Waals surface area (Å²) in [6.45, 7) is 4.90. The largest absolute Gasteiger partial charge is 0.388 e. The normalized spacial score (nSPS) is 31.9. The van der Waals surface area contributed by atoms with Crippen molar-refractivity contribution in [3.05, 3.63) is 35.1 Å². The van der Waals surface area contributed by atoms with Gasteiger partial charge in [0.2, 0.25) is 0 Å². The van der Waals surface area contributed by atoms with E-state index in [1.165, 1.54) is 18.9 Å². The Balaban J connectivity index is 1.76. The lowest BCUT2D eigenvalue weighted by molar-refractivity contribution is 0.0485. The molecule has 2 aliphatic rings. The third kappa shape index (κ3) is 2.67. The van der Waals surface area contributed by atoms with E-state index in [1.807, 2.05) is 6.92 Å². The van der Waals surface area contributed by atoms with Gasteiger partial charge in [-0.1, -0.05) is 6.07 Å². The highest BCUT2D eigenvalue weighted by atomic mass is 19.1. The first-order valence-corrected chi connectivity index (χ1v) is 7.20. The van der Waals surface area contributed by atoms with E-state index in [0.29, 0.717) is 18.5 Å². The van der Waals surface area contributed by atoms with Crippen molar-refractivity contribution in [1.29, 1.82) is 0 Å². The first kappa shape index (κ1) is 13.1. The molecule has 1 aliphatic heterocycles. The van der Waals surface area contributed by atoms with Crippen molar-refractivity contribution >= 4 is 0 Å². The summed E-state index contributed by atoms with van der Waals surface area (Å²) in [6.07, 6.45) is 3.88. The van der Waals surface area contributed by atoms with Crippen LogP contribution in [0.1, 0.15) is 37.3 Å². The van der Waals surface area contributed by atoms with E-state index >= 15 is 0 Å². The van der Waals surface area contributed by atoms with Gasteiger partial charge in [-0.2, -0.15) is 0 Å². The highest BCUT2D eigenvalue weighted by Crippen LogP contribution is 2.38. The Morgan fingerprint density at radius 1 is 1.42 bits per heavy atom. The van der Waals surface area contributed by atoms with E-state index < -0.39 is 5.60 Å². The van der Waals surface area contributed by atoms with Crippen LogP contribution in [0.4, 0.5) is 4.39 Å². The fraction of sp³-hybridized carbons (Fsp3) is 0.625. The summed E-state index contributed by atoms with van der Waals surface area (Å²) in [7, 11) is 0. The van der Waals surface area contributed by atoms with Crippen LogP contribution in [0.3, 0.4) is 0 Å². The fourth-order valence-electron chi connectivity index (χ4n) is 3.44. The van der Waals surface area contributed by atoms with E-state index in [0.717, 1.165) is 24.1 Å². The van der Waals surface area contributed by atoms with Crippen molar-refractivity contribution in [3.8, 4) is 0 Å². The van der Waals surface area contributed by atoms with E-state index in [1.54, 1.807) is 12.1 Å². The maximum atomic E-state index is 13.3. The van der Waals surface area contributed by atoms with Crippen LogP contribution >= 0.6 is 0 Å². The summed E-state index contributed by atoms with van der Waals surface area (Å²) in [5, 5.41) is 10.8. The van der Waals surface area contributed by atoms with Crippen LogP contribution in [0, 0.1) is 12.7 Å². The SMILES string of the molecule is Cc1ccc(F)cc1CC1(O)CC(C)N(C2CC2)C1. The number of likely N-dealkylation sites (tertiary alicyclic amines) is 1. The molecular formula is C16H22FNO. The molecule has 0 spiro atoms. The van der Waals surface area contributed by atoms with Crippen LogP contribution in [0.15, 0.2) is 18.2 Å². The van der Waals surface area contributed by atoms with Gasteiger partial charge in [0.25, 0.3) is 0 Å². The second kappa shape index (κ2) is 4.57. The van der Waals surface area contributed by atoms with Crippen molar-refractivity contribution in [2.75, 3.05) is 6.54 Å². The first-order chi connectivity index (χ1) is 8.97. The van der Waals surface area contributed by atoms with Crippen molar-refractivity contribution < 1.29 is 9.50 Å². The molecule has 104 valence electrons. The van der Waals surface area contributed by atoms with Crippen molar-refractivity contribution in [1.82, 2.24) is 4.90 Å². The van der Waals surface area contributed by atoms with Gasteiger partial charge in [-0.25, -0.2) is 4.39 Å². The van der Waals surface area contributed by atoms with Crippen molar-refractivity contribution in [3.63, 3.8) is 0 Å². The van der Waals surface area contributed by atoms with E-state index in [-0.39, 0.29) is 5.82 Å². The van der Waals surface area contributed by atoms with E-state index in [4.69, 9.17) is 0 Å². The molecule has 2 atom stereocenters. The topological polar surface area (TPSA) is 23.5 Å². The number of aryl methyl sites for hydroxylation is 1. The minimum atomic E-state index is -0.694. The number of aliphatic hydroxyl groups is 1. The highest BCUT2D eigenvalue weighted by molar-refractivity contribution is 5.28. The molecule has 0 aromatic heterocycles. The molecule has 1 aromatic rings. The summed E-state index contributed by atoms with van der Waals surface area (Å²) in [6, 6.07) is 5.96. The lowest BCUT2D eigenvalue weighted by Crippen LogP contribution is -2.36. The average Bonchev–Trinajstić information content (AvgIpc) is 3.11. The van der Waals surface area contributed by atoms with Gasteiger partial charge in [0.1, 0.15) is 5.82 Å². The van der Waals surface area contributed by atoms with Crippen LogP contribution in [0.2, 0.25) is 0 Å². The number of halogens is 1. The molecule has 1 aromatic carbocycles. The minimum Gasteiger partial charge on any atom is -0.388 e. The van der Waals surface area contributed by atoms with E-state index in [9.17, 15) is 9.50 Å². The van der Waals surface area contributed by atoms with Crippen LogP contribution in [0.5, 0.6) is 0 Å². The molecule has 0 amide bonds. The minimum absolute atomic E-state index is 0.214. The zero-order valence-electron chi connectivity index (χ0n) is 11.7. The summed E-state index contributed by atoms with van der Waals surface area (Å²) in [4.78, 5) is 2.43. The molecule has 3 heteroatoms. The molecule has 1 aliphatic carbocycles. The second-order valence-corrected chi connectivity index (χ2v) is 6.43. The molecule has 2 nitrogen and oxygen atoms in total. The number of hydrogen-bond donors (Lipinski definition) is 1. The van der Waals surface area contributed by atoms with Gasteiger partial charge in [0.05, 0.1) is 5.60 Å². The summed E-state index contributed by atoms with van der Waals surface area (Å²) in [5.41, 5.74) is 1.31. The average molecular weight is 263 g/mol. The Kier molecular flexibility index (Phi) is 3.14. The Morgan fingerprint density at radius 2 is 2.16 bits per heavy atom. The van der Waals surface area contributed by atoms with Gasteiger partial charge >= 0.3 is 0 Å². The second-order valence-electron chi connectivity index (χ2n) is 6.43. The van der Waals surface area contributed by atoms with Gasteiger partial charge in [-0.15, -0.1) is 0 Å². The van der Waals surface area contributed by atoms with Gasteiger partial charge in [0, 0.05) is 25.0 Å². The quantitative estimate of drug-likeness (QED) is 0.906. The van der Waals surface area contributed by atoms with Crippen molar-refractivity contribution in [2.24, 2.45) is 0 Å². The molecule has 3 rings (SSSR count). The van der Waals surface area contributed by atoms with Crippen LogP contribution in [-0.4, -0.2) is 34.2 Å². The monoisotopic (exact) mass is 263 g/mol. The number of β-amino-alcohol motifs (C(OH)–C–C–N with tert-alkyl or cyclic N) is 1. The predicted molar refractivity (Wildman–Crippen MR) is 73.6 cm³/mol. The van der Waals surface area contributed by atoms with Crippen LogP contribution in [-0.2, 0) is 6.42 Å². The molecular weight excluding hydrogens is 241 g/mol. The Bertz CT molecular complexity index is 486. The number of benzene rings is 1. The highest BCUT2D eigenvalue weighted by Gasteiger charge is 2.46. The van der Waals surface area contributed by atoms with Gasteiger partial charge in [0.15, 0.2) is 0 Å². The standard InChI is InChI=1S/C16H22FNO/c1-11-3-4-14(17)7-13(11)9-16(19)8-12(2)18(10-16)15-5-6-15/h3-4,7,12,15,19H,5-6,8-10H2,1-2H3. The maximum Gasteiger partial charge on any atom is 0.123 e. The predicted octanol–water partition coefficient (Wildman–Crippen LogP) is 2.66.